The molecule has 2 heteroatoms. The Kier molecular flexibility index (Phi) is 3.37. The van der Waals surface area contributed by atoms with Crippen LogP contribution in [0, 0.1) is 6.07 Å². The Hall–Kier alpha value is -1.67. The van der Waals surface area contributed by atoms with E-state index in [0.29, 0.717) is 0 Å². The molecule has 0 atom stereocenters. The van der Waals surface area contributed by atoms with Crippen molar-refractivity contribution < 1.29 is 0 Å². The number of pyridine rings is 1. The molecule has 2 nitrogen and oxygen atoms in total. The number of rotatable bonds is 3. The van der Waals surface area contributed by atoms with Crippen molar-refractivity contribution in [1.82, 2.24) is 9.88 Å². The van der Waals surface area contributed by atoms with E-state index in [-0.39, 0.29) is 0 Å². The predicted molar refractivity (Wildman–Crippen MR) is 73.0 cm³/mol. The van der Waals surface area contributed by atoms with Crippen LogP contribution < -0.4 is 0 Å². The number of hydrogen-bond donors (Lipinski definition) is 0. The van der Waals surface area contributed by atoms with E-state index in [1.807, 2.05) is 18.5 Å². The molecule has 0 N–H and O–H groups in total. The second kappa shape index (κ2) is 5.32. The molecule has 0 unspecified atom stereocenters. The summed E-state index contributed by atoms with van der Waals surface area (Å²) in [6, 6.07) is 13.8. The van der Waals surface area contributed by atoms with Crippen LogP contribution in [0.15, 0.2) is 42.7 Å². The fourth-order valence-corrected chi connectivity index (χ4v) is 2.51. The monoisotopic (exact) mass is 237 g/mol. The largest absolute Gasteiger partial charge is 0.299 e. The third kappa shape index (κ3) is 2.59. The lowest BCUT2D eigenvalue weighted by Crippen LogP contribution is -2.18. The summed E-state index contributed by atoms with van der Waals surface area (Å²) >= 11 is 0. The van der Waals surface area contributed by atoms with Gasteiger partial charge in [0, 0.05) is 18.9 Å². The van der Waals surface area contributed by atoms with Gasteiger partial charge >= 0.3 is 0 Å². The average molecular weight is 237 g/mol. The highest BCUT2D eigenvalue weighted by atomic mass is 15.1. The molecule has 1 aliphatic rings. The molecule has 3 rings (SSSR count). The van der Waals surface area contributed by atoms with Gasteiger partial charge in [0.25, 0.3) is 0 Å². The van der Waals surface area contributed by atoms with Gasteiger partial charge in [-0.15, -0.1) is 0 Å². The minimum atomic E-state index is 1.03. The molecule has 18 heavy (non-hydrogen) atoms. The highest BCUT2D eigenvalue weighted by molar-refractivity contribution is 5.63. The van der Waals surface area contributed by atoms with Gasteiger partial charge in [0.05, 0.1) is 0 Å². The maximum absolute atomic E-state index is 4.06. The number of aromatic nitrogens is 1. The molecular formula is C16H17N2. The molecule has 0 spiro atoms. The minimum Gasteiger partial charge on any atom is -0.299 e. The quantitative estimate of drug-likeness (QED) is 0.815. The third-order valence-electron chi connectivity index (χ3n) is 3.47. The molecule has 2 aromatic rings. The number of nitrogens with zero attached hydrogens (tertiary/aromatic N) is 2. The Morgan fingerprint density at radius 2 is 1.83 bits per heavy atom. The topological polar surface area (TPSA) is 16.1 Å². The standard InChI is InChI=1S/C16H17N2/c1-2-11-18(10-1)13-14-4-3-5-16(12-14)15-6-8-17-9-7-15/h3,5-9,12H,1-2,10-11,13H2. The molecule has 1 aromatic heterocycles. The van der Waals surface area contributed by atoms with Gasteiger partial charge in [0.2, 0.25) is 0 Å². The molecule has 0 aliphatic carbocycles. The molecular weight excluding hydrogens is 220 g/mol. The highest BCUT2D eigenvalue weighted by Crippen LogP contribution is 2.20. The summed E-state index contributed by atoms with van der Waals surface area (Å²) in [4.78, 5) is 6.56. The second-order valence-corrected chi connectivity index (χ2v) is 4.82. The summed E-state index contributed by atoms with van der Waals surface area (Å²) in [5.41, 5.74) is 3.76. The van der Waals surface area contributed by atoms with Crippen LogP contribution in [0.2, 0.25) is 0 Å². The lowest BCUT2D eigenvalue weighted by Gasteiger charge is -2.14. The molecule has 1 radical (unpaired) electrons. The molecule has 1 saturated heterocycles. The van der Waals surface area contributed by atoms with Crippen LogP contribution >= 0.6 is 0 Å². The molecule has 0 saturated carbocycles. The zero-order chi connectivity index (χ0) is 12.2. The maximum Gasteiger partial charge on any atom is 0.0273 e. The fraction of sp³-hybridized carbons (Fsp3) is 0.312. The van der Waals surface area contributed by atoms with Crippen molar-refractivity contribution in [1.29, 1.82) is 0 Å². The van der Waals surface area contributed by atoms with Crippen LogP contribution in [0.5, 0.6) is 0 Å². The molecule has 91 valence electrons. The molecule has 2 heterocycles. The van der Waals surface area contributed by atoms with Gasteiger partial charge < -0.3 is 0 Å². The zero-order valence-corrected chi connectivity index (χ0v) is 10.5. The summed E-state index contributed by atoms with van der Waals surface area (Å²) in [5.74, 6) is 0. The molecule has 0 bridgehead atoms. The van der Waals surface area contributed by atoms with Crippen LogP contribution in [0.25, 0.3) is 11.1 Å². The van der Waals surface area contributed by atoms with Crippen LogP contribution in [0.4, 0.5) is 0 Å². The van der Waals surface area contributed by atoms with Crippen molar-refractivity contribution in [2.45, 2.75) is 19.4 Å². The third-order valence-corrected chi connectivity index (χ3v) is 3.47. The van der Waals surface area contributed by atoms with Gasteiger partial charge in [-0.1, -0.05) is 12.1 Å². The van der Waals surface area contributed by atoms with E-state index in [1.165, 1.54) is 42.6 Å². The highest BCUT2D eigenvalue weighted by Gasteiger charge is 2.11. The van der Waals surface area contributed by atoms with Gasteiger partial charge in [-0.25, -0.2) is 0 Å². The van der Waals surface area contributed by atoms with Crippen molar-refractivity contribution in [3.05, 3.63) is 54.4 Å². The normalized spacial score (nSPS) is 16.0. The van der Waals surface area contributed by atoms with Gasteiger partial charge in [0.1, 0.15) is 0 Å². The summed E-state index contributed by atoms with van der Waals surface area (Å²) in [5, 5.41) is 0. The van der Waals surface area contributed by atoms with E-state index in [9.17, 15) is 0 Å². The Morgan fingerprint density at radius 3 is 2.61 bits per heavy atom. The Balaban J connectivity index is 1.80. The number of likely N-dealkylation sites (tertiary alicyclic amines) is 1. The zero-order valence-electron chi connectivity index (χ0n) is 10.5. The Morgan fingerprint density at radius 1 is 1.06 bits per heavy atom. The van der Waals surface area contributed by atoms with Crippen molar-refractivity contribution >= 4 is 0 Å². The van der Waals surface area contributed by atoms with Crippen molar-refractivity contribution in [3.63, 3.8) is 0 Å². The summed E-state index contributed by atoms with van der Waals surface area (Å²) in [6.07, 6.45) is 6.35. The smallest absolute Gasteiger partial charge is 0.0273 e. The van der Waals surface area contributed by atoms with Crippen molar-refractivity contribution in [2.24, 2.45) is 0 Å². The van der Waals surface area contributed by atoms with Crippen molar-refractivity contribution in [3.8, 4) is 11.1 Å². The number of hydrogen-bond acceptors (Lipinski definition) is 2. The lowest BCUT2D eigenvalue weighted by atomic mass is 10.0. The first kappa shape index (κ1) is 11.4. The Bertz CT molecular complexity index is 502. The first-order valence-corrected chi connectivity index (χ1v) is 6.55. The van der Waals surface area contributed by atoms with E-state index in [1.54, 1.807) is 0 Å². The first-order chi connectivity index (χ1) is 8.92. The van der Waals surface area contributed by atoms with Crippen molar-refractivity contribution in [2.75, 3.05) is 13.1 Å². The fourth-order valence-electron chi connectivity index (χ4n) is 2.51. The predicted octanol–water partition coefficient (Wildman–Crippen LogP) is 3.14. The van der Waals surface area contributed by atoms with Crippen LogP contribution in [0.3, 0.4) is 0 Å². The molecule has 1 aromatic carbocycles. The van der Waals surface area contributed by atoms with Crippen LogP contribution in [-0.2, 0) is 6.54 Å². The van der Waals surface area contributed by atoms with Gasteiger partial charge in [-0.3, -0.25) is 9.88 Å². The molecule has 1 fully saturated rings. The summed E-state index contributed by atoms with van der Waals surface area (Å²) < 4.78 is 0. The van der Waals surface area contributed by atoms with E-state index in [0.717, 1.165) is 6.54 Å². The van der Waals surface area contributed by atoms with E-state index >= 15 is 0 Å². The van der Waals surface area contributed by atoms with E-state index in [4.69, 9.17) is 0 Å². The minimum absolute atomic E-state index is 1.03. The Labute approximate surface area is 108 Å². The van der Waals surface area contributed by atoms with Gasteiger partial charge in [-0.2, -0.15) is 0 Å². The first-order valence-electron chi connectivity index (χ1n) is 6.55. The van der Waals surface area contributed by atoms with E-state index < -0.39 is 0 Å². The summed E-state index contributed by atoms with van der Waals surface area (Å²) in [7, 11) is 0. The number of benzene rings is 1. The lowest BCUT2D eigenvalue weighted by molar-refractivity contribution is 0.331. The van der Waals surface area contributed by atoms with Crippen LogP contribution in [0.1, 0.15) is 18.4 Å². The summed E-state index contributed by atoms with van der Waals surface area (Å²) in [6.45, 7) is 3.49. The second-order valence-electron chi connectivity index (χ2n) is 4.82. The van der Waals surface area contributed by atoms with E-state index in [2.05, 4.69) is 40.2 Å². The average Bonchev–Trinajstić information content (AvgIpc) is 2.93. The molecule has 1 aliphatic heterocycles. The van der Waals surface area contributed by atoms with Gasteiger partial charge in [0.15, 0.2) is 0 Å². The maximum atomic E-state index is 4.06. The van der Waals surface area contributed by atoms with Crippen LogP contribution in [-0.4, -0.2) is 23.0 Å². The SMILES string of the molecule is [c]1ccc(-c2ccncc2)cc1CN1CCCC1. The molecule has 0 amide bonds. The van der Waals surface area contributed by atoms with Gasteiger partial charge in [-0.05, 0) is 66.9 Å².